The van der Waals surface area contributed by atoms with E-state index in [1.54, 1.807) is 0 Å². The Hall–Kier alpha value is -1.68. The molecule has 0 amide bonds. The van der Waals surface area contributed by atoms with Gasteiger partial charge in [0.1, 0.15) is 0 Å². The van der Waals surface area contributed by atoms with Crippen LogP contribution in [-0.4, -0.2) is 25.4 Å². The van der Waals surface area contributed by atoms with Gasteiger partial charge in [-0.3, -0.25) is 0 Å². The van der Waals surface area contributed by atoms with Gasteiger partial charge in [0.05, 0.1) is 25.9 Å². The van der Waals surface area contributed by atoms with Crippen molar-refractivity contribution in [3.05, 3.63) is 70.8 Å². The van der Waals surface area contributed by atoms with Gasteiger partial charge in [0.25, 0.3) is 0 Å². The molecular formula is C24H31NO2. The van der Waals surface area contributed by atoms with Crippen molar-refractivity contribution in [3.8, 4) is 0 Å². The van der Waals surface area contributed by atoms with Crippen molar-refractivity contribution < 1.29 is 9.47 Å². The molecule has 144 valence electrons. The van der Waals surface area contributed by atoms with E-state index in [-0.39, 0.29) is 0 Å². The number of ether oxygens (including phenoxy) is 2. The van der Waals surface area contributed by atoms with Crippen molar-refractivity contribution in [2.45, 2.75) is 63.2 Å². The monoisotopic (exact) mass is 365 g/mol. The van der Waals surface area contributed by atoms with Crippen LogP contribution in [0.1, 0.15) is 53.9 Å². The summed E-state index contributed by atoms with van der Waals surface area (Å²) in [6, 6.07) is 17.8. The van der Waals surface area contributed by atoms with Gasteiger partial charge in [-0.05, 0) is 66.7 Å². The van der Waals surface area contributed by atoms with Gasteiger partial charge in [-0.25, -0.2) is 0 Å². The summed E-state index contributed by atoms with van der Waals surface area (Å²) in [5, 5.41) is 0. The summed E-state index contributed by atoms with van der Waals surface area (Å²) in [6.45, 7) is 1.98. The second-order valence-corrected chi connectivity index (χ2v) is 8.07. The molecule has 2 aliphatic rings. The summed E-state index contributed by atoms with van der Waals surface area (Å²) >= 11 is 0. The fraction of sp³-hybridized carbons (Fsp3) is 0.500. The molecule has 3 atom stereocenters. The fourth-order valence-electron chi connectivity index (χ4n) is 4.49. The molecule has 1 fully saturated rings. The summed E-state index contributed by atoms with van der Waals surface area (Å²) in [6.07, 6.45) is 7.14. The Morgan fingerprint density at radius 3 is 2.63 bits per heavy atom. The van der Waals surface area contributed by atoms with Crippen molar-refractivity contribution in [3.63, 3.8) is 0 Å². The molecule has 0 aromatic heterocycles. The zero-order valence-corrected chi connectivity index (χ0v) is 16.1. The molecule has 2 aromatic carbocycles. The molecule has 0 saturated heterocycles. The fourth-order valence-corrected chi connectivity index (χ4v) is 4.49. The summed E-state index contributed by atoms with van der Waals surface area (Å²) in [5.74, 6) is 0.668. The lowest BCUT2D eigenvalue weighted by Gasteiger charge is -2.26. The van der Waals surface area contributed by atoms with Crippen LogP contribution in [0.3, 0.4) is 0 Å². The van der Waals surface area contributed by atoms with Crippen LogP contribution in [-0.2, 0) is 28.9 Å². The Morgan fingerprint density at radius 1 is 0.926 bits per heavy atom. The second-order valence-electron chi connectivity index (χ2n) is 8.07. The second kappa shape index (κ2) is 9.01. The van der Waals surface area contributed by atoms with Crippen molar-refractivity contribution in [2.75, 3.05) is 13.2 Å². The van der Waals surface area contributed by atoms with E-state index in [2.05, 4.69) is 30.3 Å². The Labute approximate surface area is 162 Å². The lowest BCUT2D eigenvalue weighted by atomic mass is 9.86. The van der Waals surface area contributed by atoms with Crippen molar-refractivity contribution in [1.82, 2.24) is 0 Å². The molecule has 2 aromatic rings. The van der Waals surface area contributed by atoms with Crippen molar-refractivity contribution in [2.24, 2.45) is 5.73 Å². The molecule has 27 heavy (non-hydrogen) atoms. The third-order valence-electron chi connectivity index (χ3n) is 6.05. The molecule has 0 bridgehead atoms. The highest BCUT2D eigenvalue weighted by Gasteiger charge is 2.25. The van der Waals surface area contributed by atoms with Crippen LogP contribution >= 0.6 is 0 Å². The molecule has 3 nitrogen and oxygen atoms in total. The SMILES string of the molecule is NC1CCC(c2ccc3c(c2)CCC(OCCOCc2ccccc2)C3)C1. The van der Waals surface area contributed by atoms with Gasteiger partial charge in [-0.2, -0.15) is 0 Å². The van der Waals surface area contributed by atoms with E-state index < -0.39 is 0 Å². The first-order valence-corrected chi connectivity index (χ1v) is 10.4. The molecule has 0 radical (unpaired) electrons. The highest BCUT2D eigenvalue weighted by molar-refractivity contribution is 5.36. The van der Waals surface area contributed by atoms with Crippen LogP contribution in [0.4, 0.5) is 0 Å². The van der Waals surface area contributed by atoms with E-state index in [0.717, 1.165) is 25.7 Å². The van der Waals surface area contributed by atoms with Crippen molar-refractivity contribution in [1.29, 1.82) is 0 Å². The molecule has 3 heteroatoms. The van der Waals surface area contributed by atoms with Gasteiger partial charge in [0.2, 0.25) is 0 Å². The summed E-state index contributed by atoms with van der Waals surface area (Å²) < 4.78 is 11.8. The predicted octanol–water partition coefficient (Wildman–Crippen LogP) is 4.37. The first kappa shape index (κ1) is 18.7. The van der Waals surface area contributed by atoms with Crippen LogP contribution in [0.25, 0.3) is 0 Å². The van der Waals surface area contributed by atoms with Gasteiger partial charge in [-0.15, -0.1) is 0 Å². The van der Waals surface area contributed by atoms with E-state index in [1.165, 1.54) is 35.1 Å². The Morgan fingerprint density at radius 2 is 1.81 bits per heavy atom. The lowest BCUT2D eigenvalue weighted by Crippen LogP contribution is -2.24. The molecule has 4 rings (SSSR count). The third-order valence-corrected chi connectivity index (χ3v) is 6.05. The average molecular weight is 366 g/mol. The van der Waals surface area contributed by atoms with Gasteiger partial charge in [0.15, 0.2) is 0 Å². The van der Waals surface area contributed by atoms with Crippen LogP contribution in [0.5, 0.6) is 0 Å². The maximum atomic E-state index is 6.09. The van der Waals surface area contributed by atoms with E-state index in [4.69, 9.17) is 15.2 Å². The van der Waals surface area contributed by atoms with E-state index in [9.17, 15) is 0 Å². The van der Waals surface area contributed by atoms with Gasteiger partial charge in [0, 0.05) is 6.04 Å². The maximum absolute atomic E-state index is 6.09. The van der Waals surface area contributed by atoms with Crippen LogP contribution < -0.4 is 5.73 Å². The third kappa shape index (κ3) is 4.98. The normalized spacial score (nSPS) is 24.7. The molecule has 2 N–H and O–H groups in total. The summed E-state index contributed by atoms with van der Waals surface area (Å²) in [7, 11) is 0. The first-order chi connectivity index (χ1) is 13.3. The number of hydrogen-bond donors (Lipinski definition) is 1. The number of nitrogens with two attached hydrogens (primary N) is 1. The zero-order chi connectivity index (χ0) is 18.5. The Balaban J connectivity index is 1.21. The van der Waals surface area contributed by atoms with E-state index in [0.29, 0.717) is 37.9 Å². The summed E-state index contributed by atoms with van der Waals surface area (Å²) in [5.41, 5.74) is 11.8. The first-order valence-electron chi connectivity index (χ1n) is 10.4. The molecule has 0 aliphatic heterocycles. The molecule has 1 saturated carbocycles. The van der Waals surface area contributed by atoms with Crippen LogP contribution in [0, 0.1) is 0 Å². The van der Waals surface area contributed by atoms with Gasteiger partial charge in [-0.1, -0.05) is 48.5 Å². The molecule has 2 aliphatic carbocycles. The Kier molecular flexibility index (Phi) is 6.23. The number of benzene rings is 2. The number of fused-ring (bicyclic) bond motifs is 1. The minimum atomic E-state index is 0.323. The number of aryl methyl sites for hydroxylation is 1. The van der Waals surface area contributed by atoms with Crippen LogP contribution in [0.15, 0.2) is 48.5 Å². The largest absolute Gasteiger partial charge is 0.375 e. The smallest absolute Gasteiger partial charge is 0.0718 e. The highest BCUT2D eigenvalue weighted by Crippen LogP contribution is 2.35. The minimum absolute atomic E-state index is 0.323. The number of rotatable bonds is 7. The number of hydrogen-bond acceptors (Lipinski definition) is 3. The molecule has 0 heterocycles. The maximum Gasteiger partial charge on any atom is 0.0718 e. The van der Waals surface area contributed by atoms with Crippen LogP contribution in [0.2, 0.25) is 0 Å². The van der Waals surface area contributed by atoms with Crippen molar-refractivity contribution >= 4 is 0 Å². The van der Waals surface area contributed by atoms with Gasteiger partial charge >= 0.3 is 0 Å². The summed E-state index contributed by atoms with van der Waals surface area (Å²) in [4.78, 5) is 0. The van der Waals surface area contributed by atoms with Gasteiger partial charge < -0.3 is 15.2 Å². The minimum Gasteiger partial charge on any atom is -0.375 e. The lowest BCUT2D eigenvalue weighted by molar-refractivity contribution is -0.00459. The molecular weight excluding hydrogens is 334 g/mol. The molecule has 0 spiro atoms. The topological polar surface area (TPSA) is 44.5 Å². The molecule has 3 unspecified atom stereocenters. The van der Waals surface area contributed by atoms with E-state index in [1.807, 2.05) is 18.2 Å². The zero-order valence-electron chi connectivity index (χ0n) is 16.1. The average Bonchev–Trinajstić information content (AvgIpc) is 3.14. The predicted molar refractivity (Wildman–Crippen MR) is 109 cm³/mol. The highest BCUT2D eigenvalue weighted by atomic mass is 16.5. The van der Waals surface area contributed by atoms with E-state index >= 15 is 0 Å². The Bertz CT molecular complexity index is 730. The standard InChI is InChI=1S/C24H31NO2/c25-23-10-8-21(15-23)19-6-7-22-16-24(11-9-20(22)14-19)27-13-12-26-17-18-4-2-1-3-5-18/h1-7,14,21,23-24H,8-13,15-17,25H2. The quantitative estimate of drug-likeness (QED) is 0.741.